The third-order valence-corrected chi connectivity index (χ3v) is 6.57. The van der Waals surface area contributed by atoms with Gasteiger partial charge in [-0.05, 0) is 62.4 Å². The number of fused-ring (bicyclic) bond motifs is 1. The molecule has 0 radical (unpaired) electrons. The molecule has 2 heterocycles. The molecule has 2 aliphatic heterocycles. The Bertz CT molecular complexity index is 349. The number of nitrogens with zero attached hydrogens (tertiary/aromatic N) is 2. The minimum atomic E-state index is 0.451. The molecular formula is C18H35N3. The lowest BCUT2D eigenvalue weighted by molar-refractivity contribution is 0.00404. The molecule has 4 unspecified atom stereocenters. The largest absolute Gasteiger partial charge is 0.330 e. The van der Waals surface area contributed by atoms with Crippen LogP contribution in [0.1, 0.15) is 52.9 Å². The van der Waals surface area contributed by atoms with E-state index in [4.69, 9.17) is 5.73 Å². The van der Waals surface area contributed by atoms with Crippen LogP contribution < -0.4 is 5.73 Å². The van der Waals surface area contributed by atoms with Crippen LogP contribution in [-0.2, 0) is 0 Å². The van der Waals surface area contributed by atoms with E-state index in [2.05, 4.69) is 30.6 Å². The van der Waals surface area contributed by atoms with Gasteiger partial charge in [-0.2, -0.15) is 0 Å². The minimum absolute atomic E-state index is 0.451. The van der Waals surface area contributed by atoms with Crippen LogP contribution in [0.25, 0.3) is 0 Å². The summed E-state index contributed by atoms with van der Waals surface area (Å²) in [6, 6.07) is 1.59. The molecule has 0 aromatic carbocycles. The van der Waals surface area contributed by atoms with Crippen LogP contribution in [0, 0.1) is 17.3 Å². The fourth-order valence-corrected chi connectivity index (χ4v) is 5.03. The third-order valence-electron chi connectivity index (χ3n) is 6.57. The molecule has 0 amide bonds. The molecule has 0 aromatic heterocycles. The average molecular weight is 293 g/mol. The Labute approximate surface area is 131 Å². The molecule has 2 N–H and O–H groups in total. The van der Waals surface area contributed by atoms with E-state index in [9.17, 15) is 0 Å². The summed E-state index contributed by atoms with van der Waals surface area (Å²) in [5.41, 5.74) is 6.58. The topological polar surface area (TPSA) is 32.5 Å². The van der Waals surface area contributed by atoms with Crippen LogP contribution in [0.15, 0.2) is 0 Å². The number of hydrogen-bond acceptors (Lipinski definition) is 3. The second-order valence-electron chi connectivity index (χ2n) is 8.77. The summed E-state index contributed by atoms with van der Waals surface area (Å²) in [6.07, 6.45) is 6.92. The van der Waals surface area contributed by atoms with Crippen molar-refractivity contribution in [1.82, 2.24) is 9.80 Å². The zero-order valence-electron chi connectivity index (χ0n) is 14.4. The third kappa shape index (κ3) is 3.30. The Morgan fingerprint density at radius 3 is 2.48 bits per heavy atom. The summed E-state index contributed by atoms with van der Waals surface area (Å²) in [6.45, 7) is 13.4. The minimum Gasteiger partial charge on any atom is -0.330 e. The van der Waals surface area contributed by atoms with Crippen LogP contribution >= 0.6 is 0 Å². The average Bonchev–Trinajstić information content (AvgIpc) is 2.93. The van der Waals surface area contributed by atoms with Crippen molar-refractivity contribution >= 4 is 0 Å². The highest BCUT2D eigenvalue weighted by Crippen LogP contribution is 2.42. The number of hydrogen-bond donors (Lipinski definition) is 1. The van der Waals surface area contributed by atoms with Crippen LogP contribution in [-0.4, -0.2) is 54.6 Å². The highest BCUT2D eigenvalue weighted by Gasteiger charge is 2.41. The number of piperazine rings is 1. The van der Waals surface area contributed by atoms with Crippen LogP contribution in [0.4, 0.5) is 0 Å². The number of rotatable bonds is 2. The predicted molar refractivity (Wildman–Crippen MR) is 89.3 cm³/mol. The van der Waals surface area contributed by atoms with Gasteiger partial charge in [0.15, 0.2) is 0 Å². The first-order valence-electron chi connectivity index (χ1n) is 9.17. The molecule has 0 aromatic rings. The monoisotopic (exact) mass is 293 g/mol. The summed E-state index contributed by atoms with van der Waals surface area (Å²) in [4.78, 5) is 5.54. The van der Waals surface area contributed by atoms with E-state index in [1.54, 1.807) is 0 Å². The van der Waals surface area contributed by atoms with E-state index < -0.39 is 0 Å². The molecule has 3 rings (SSSR count). The van der Waals surface area contributed by atoms with E-state index in [0.29, 0.717) is 5.41 Å². The molecule has 0 bridgehead atoms. The van der Waals surface area contributed by atoms with Gasteiger partial charge < -0.3 is 5.73 Å². The fraction of sp³-hybridized carbons (Fsp3) is 1.00. The quantitative estimate of drug-likeness (QED) is 0.849. The molecule has 3 heteroatoms. The smallest absolute Gasteiger partial charge is 0.0224 e. The van der Waals surface area contributed by atoms with Gasteiger partial charge in [-0.15, -0.1) is 0 Å². The summed E-state index contributed by atoms with van der Waals surface area (Å²) in [7, 11) is 0. The van der Waals surface area contributed by atoms with E-state index >= 15 is 0 Å². The fourth-order valence-electron chi connectivity index (χ4n) is 5.03. The van der Waals surface area contributed by atoms with E-state index in [0.717, 1.165) is 30.5 Å². The standard InChI is InChI=1S/C18H35N3/c1-18(2,3)15-7-6-14(12-19)17(11-15)21-10-9-20-8-4-5-16(20)13-21/h14-17H,4-13,19H2,1-3H3. The molecule has 3 nitrogen and oxygen atoms in total. The van der Waals surface area contributed by atoms with Gasteiger partial charge in [0.25, 0.3) is 0 Å². The van der Waals surface area contributed by atoms with Gasteiger partial charge in [0.1, 0.15) is 0 Å². The molecule has 3 aliphatic rings. The first-order valence-corrected chi connectivity index (χ1v) is 9.17. The molecule has 2 saturated heterocycles. The van der Waals surface area contributed by atoms with Crippen molar-refractivity contribution in [3.05, 3.63) is 0 Å². The van der Waals surface area contributed by atoms with Gasteiger partial charge in [-0.3, -0.25) is 9.80 Å². The maximum absolute atomic E-state index is 6.12. The van der Waals surface area contributed by atoms with Gasteiger partial charge in [-0.25, -0.2) is 0 Å². The Morgan fingerprint density at radius 1 is 1.00 bits per heavy atom. The van der Waals surface area contributed by atoms with Gasteiger partial charge in [0, 0.05) is 31.7 Å². The Morgan fingerprint density at radius 2 is 1.76 bits per heavy atom. The molecule has 122 valence electrons. The lowest BCUT2D eigenvalue weighted by Crippen LogP contribution is -2.57. The maximum Gasteiger partial charge on any atom is 0.0224 e. The molecular weight excluding hydrogens is 258 g/mol. The Kier molecular flexibility index (Phi) is 4.63. The van der Waals surface area contributed by atoms with E-state index in [1.165, 1.54) is 58.3 Å². The molecule has 1 saturated carbocycles. The number of nitrogens with two attached hydrogens (primary N) is 1. The van der Waals surface area contributed by atoms with Crippen molar-refractivity contribution in [1.29, 1.82) is 0 Å². The van der Waals surface area contributed by atoms with Crippen molar-refractivity contribution < 1.29 is 0 Å². The SMILES string of the molecule is CC(C)(C)C1CCC(CN)C(N2CCN3CCCC3C2)C1. The van der Waals surface area contributed by atoms with E-state index in [-0.39, 0.29) is 0 Å². The predicted octanol–water partition coefficient (Wildman–Crippen LogP) is 2.56. The summed E-state index contributed by atoms with van der Waals surface area (Å²) >= 11 is 0. The Hall–Kier alpha value is -0.120. The highest BCUT2D eigenvalue weighted by atomic mass is 15.3. The van der Waals surface area contributed by atoms with Crippen molar-refractivity contribution in [2.45, 2.75) is 65.0 Å². The van der Waals surface area contributed by atoms with Gasteiger partial charge in [-0.1, -0.05) is 20.8 Å². The zero-order valence-corrected chi connectivity index (χ0v) is 14.4. The maximum atomic E-state index is 6.12. The van der Waals surface area contributed by atoms with Gasteiger partial charge >= 0.3 is 0 Å². The van der Waals surface area contributed by atoms with Crippen LogP contribution in [0.5, 0.6) is 0 Å². The van der Waals surface area contributed by atoms with E-state index in [1.807, 2.05) is 0 Å². The summed E-state index contributed by atoms with van der Waals surface area (Å²) < 4.78 is 0. The molecule has 1 aliphatic carbocycles. The normalized spacial score (nSPS) is 39.4. The van der Waals surface area contributed by atoms with Gasteiger partial charge in [0.05, 0.1) is 0 Å². The first-order chi connectivity index (χ1) is 9.99. The van der Waals surface area contributed by atoms with Crippen LogP contribution in [0.3, 0.4) is 0 Å². The second-order valence-corrected chi connectivity index (χ2v) is 8.77. The molecule has 21 heavy (non-hydrogen) atoms. The van der Waals surface area contributed by atoms with Crippen molar-refractivity contribution in [3.8, 4) is 0 Å². The zero-order chi connectivity index (χ0) is 15.0. The highest BCUT2D eigenvalue weighted by molar-refractivity contribution is 4.95. The summed E-state index contributed by atoms with van der Waals surface area (Å²) in [5.74, 6) is 1.60. The van der Waals surface area contributed by atoms with Crippen molar-refractivity contribution in [2.75, 3.05) is 32.7 Å². The van der Waals surface area contributed by atoms with Crippen molar-refractivity contribution in [2.24, 2.45) is 23.0 Å². The Balaban J connectivity index is 1.68. The van der Waals surface area contributed by atoms with Crippen molar-refractivity contribution in [3.63, 3.8) is 0 Å². The molecule has 3 fully saturated rings. The molecule has 0 spiro atoms. The second kappa shape index (κ2) is 6.17. The van der Waals surface area contributed by atoms with Crippen LogP contribution in [0.2, 0.25) is 0 Å². The molecule has 4 atom stereocenters. The lowest BCUT2D eigenvalue weighted by Gasteiger charge is -2.49. The van der Waals surface area contributed by atoms with Gasteiger partial charge in [0.2, 0.25) is 0 Å². The lowest BCUT2D eigenvalue weighted by atomic mass is 9.67. The first kappa shape index (κ1) is 15.8. The summed E-state index contributed by atoms with van der Waals surface area (Å²) in [5, 5.41) is 0.